The van der Waals surface area contributed by atoms with Crippen LogP contribution < -0.4 is 11.1 Å². The molecule has 3 rings (SSSR count). The predicted octanol–water partition coefficient (Wildman–Crippen LogP) is 3.21. The van der Waals surface area contributed by atoms with Crippen LogP contribution >= 0.6 is 0 Å². The molecule has 0 atom stereocenters. The van der Waals surface area contributed by atoms with E-state index >= 15 is 0 Å². The maximum absolute atomic E-state index is 13.0. The van der Waals surface area contributed by atoms with Crippen molar-refractivity contribution in [1.29, 1.82) is 0 Å². The largest absolute Gasteiger partial charge is 0.350 e. The Hall–Kier alpha value is -2.91. The summed E-state index contributed by atoms with van der Waals surface area (Å²) in [6, 6.07) is 28.7. The number of amides is 1. The number of carbonyl (C=O) groups excluding carboxylic acids is 1. The van der Waals surface area contributed by atoms with Crippen LogP contribution in [0.15, 0.2) is 91.0 Å². The van der Waals surface area contributed by atoms with Gasteiger partial charge in [0.05, 0.1) is 0 Å². The second-order valence-electron chi connectivity index (χ2n) is 5.71. The Morgan fingerprint density at radius 1 is 0.750 bits per heavy atom. The van der Waals surface area contributed by atoms with E-state index in [1.165, 1.54) is 0 Å². The zero-order valence-corrected chi connectivity index (χ0v) is 13.4. The van der Waals surface area contributed by atoms with Crippen molar-refractivity contribution >= 4 is 5.91 Å². The first-order valence-corrected chi connectivity index (χ1v) is 7.93. The molecule has 3 nitrogen and oxygen atoms in total. The third kappa shape index (κ3) is 3.21. The highest BCUT2D eigenvalue weighted by Crippen LogP contribution is 2.27. The minimum Gasteiger partial charge on any atom is -0.350 e. The summed E-state index contributed by atoms with van der Waals surface area (Å²) in [6.07, 6.45) is 0. The molecule has 120 valence electrons. The second-order valence-corrected chi connectivity index (χ2v) is 5.71. The fraction of sp³-hybridized carbons (Fsp3) is 0.0952. The molecular weight excluding hydrogens is 296 g/mol. The van der Waals surface area contributed by atoms with Crippen molar-refractivity contribution < 1.29 is 4.79 Å². The van der Waals surface area contributed by atoms with E-state index in [1.807, 2.05) is 91.0 Å². The fourth-order valence-electron chi connectivity index (χ4n) is 2.75. The highest BCUT2D eigenvalue weighted by molar-refractivity contribution is 5.91. The smallest absolute Gasteiger partial charge is 0.249 e. The number of hydrogen-bond donors (Lipinski definition) is 2. The lowest BCUT2D eigenvalue weighted by Crippen LogP contribution is -2.51. The van der Waals surface area contributed by atoms with Gasteiger partial charge in [-0.05, 0) is 16.7 Å². The molecule has 24 heavy (non-hydrogen) atoms. The first-order chi connectivity index (χ1) is 11.7. The molecule has 0 fully saturated rings. The van der Waals surface area contributed by atoms with E-state index in [2.05, 4.69) is 5.32 Å². The number of hydrogen-bond acceptors (Lipinski definition) is 2. The van der Waals surface area contributed by atoms with Gasteiger partial charge in [0.15, 0.2) is 0 Å². The maximum atomic E-state index is 13.0. The Bertz CT molecular complexity index is 746. The van der Waals surface area contributed by atoms with Crippen molar-refractivity contribution in [2.75, 3.05) is 0 Å². The number of nitrogens with one attached hydrogen (secondary N) is 1. The van der Waals surface area contributed by atoms with Gasteiger partial charge in [0, 0.05) is 6.54 Å². The first kappa shape index (κ1) is 16.0. The first-order valence-electron chi connectivity index (χ1n) is 7.93. The van der Waals surface area contributed by atoms with Gasteiger partial charge in [0.25, 0.3) is 0 Å². The van der Waals surface area contributed by atoms with Crippen molar-refractivity contribution in [2.45, 2.75) is 12.1 Å². The average Bonchev–Trinajstić information content (AvgIpc) is 2.67. The number of nitrogens with two attached hydrogens (primary N) is 1. The summed E-state index contributed by atoms with van der Waals surface area (Å²) in [7, 11) is 0. The molecule has 3 heteroatoms. The molecule has 0 aliphatic rings. The Labute approximate surface area is 142 Å². The molecule has 0 aliphatic heterocycles. The third-order valence-electron chi connectivity index (χ3n) is 4.11. The van der Waals surface area contributed by atoms with E-state index in [9.17, 15) is 4.79 Å². The molecule has 0 unspecified atom stereocenters. The molecule has 0 aliphatic carbocycles. The number of benzene rings is 3. The van der Waals surface area contributed by atoms with Gasteiger partial charge in [0.1, 0.15) is 5.54 Å². The van der Waals surface area contributed by atoms with E-state index in [0.29, 0.717) is 6.54 Å². The Balaban J connectivity index is 1.92. The minimum absolute atomic E-state index is 0.219. The van der Waals surface area contributed by atoms with Crippen LogP contribution in [0, 0.1) is 0 Å². The molecule has 0 spiro atoms. The topological polar surface area (TPSA) is 55.1 Å². The molecule has 0 bridgehead atoms. The lowest BCUT2D eigenvalue weighted by Gasteiger charge is -2.29. The van der Waals surface area contributed by atoms with Gasteiger partial charge < -0.3 is 11.1 Å². The summed E-state index contributed by atoms with van der Waals surface area (Å²) in [5, 5.41) is 2.97. The van der Waals surface area contributed by atoms with E-state index in [-0.39, 0.29) is 5.91 Å². The third-order valence-corrected chi connectivity index (χ3v) is 4.11. The van der Waals surface area contributed by atoms with Crippen LogP contribution in [0.5, 0.6) is 0 Å². The van der Waals surface area contributed by atoms with Gasteiger partial charge in [-0.25, -0.2) is 0 Å². The normalized spacial score (nSPS) is 11.0. The molecular formula is C21H20N2O. The summed E-state index contributed by atoms with van der Waals surface area (Å²) < 4.78 is 0. The van der Waals surface area contributed by atoms with Crippen molar-refractivity contribution in [3.8, 4) is 0 Å². The molecule has 3 N–H and O–H groups in total. The van der Waals surface area contributed by atoms with Gasteiger partial charge in [-0.3, -0.25) is 4.79 Å². The highest BCUT2D eigenvalue weighted by atomic mass is 16.2. The zero-order chi connectivity index (χ0) is 16.8. The van der Waals surface area contributed by atoms with Crippen molar-refractivity contribution in [3.05, 3.63) is 108 Å². The van der Waals surface area contributed by atoms with Crippen molar-refractivity contribution in [2.24, 2.45) is 5.73 Å². The Kier molecular flexibility index (Phi) is 4.73. The summed E-state index contributed by atoms with van der Waals surface area (Å²) in [6.45, 7) is 0.443. The van der Waals surface area contributed by atoms with Gasteiger partial charge >= 0.3 is 0 Å². The maximum Gasteiger partial charge on any atom is 0.249 e. The Morgan fingerprint density at radius 3 is 1.62 bits per heavy atom. The van der Waals surface area contributed by atoms with Crippen LogP contribution in [0.2, 0.25) is 0 Å². The van der Waals surface area contributed by atoms with Crippen LogP contribution in [-0.4, -0.2) is 5.91 Å². The van der Waals surface area contributed by atoms with Crippen molar-refractivity contribution in [1.82, 2.24) is 5.32 Å². The van der Waals surface area contributed by atoms with Gasteiger partial charge in [-0.1, -0.05) is 91.0 Å². The summed E-state index contributed by atoms with van der Waals surface area (Å²) >= 11 is 0. The van der Waals surface area contributed by atoms with Crippen LogP contribution in [0.25, 0.3) is 0 Å². The highest BCUT2D eigenvalue weighted by Gasteiger charge is 2.37. The molecule has 0 heterocycles. The SMILES string of the molecule is NC(C(=O)NCc1ccccc1)(c1ccccc1)c1ccccc1. The quantitative estimate of drug-likeness (QED) is 0.759. The van der Waals surface area contributed by atoms with Crippen LogP contribution in [-0.2, 0) is 16.9 Å². The predicted molar refractivity (Wildman–Crippen MR) is 96.1 cm³/mol. The van der Waals surface area contributed by atoms with Crippen molar-refractivity contribution in [3.63, 3.8) is 0 Å². The minimum atomic E-state index is -1.22. The molecule has 0 saturated heterocycles. The van der Waals surface area contributed by atoms with Gasteiger partial charge in [-0.2, -0.15) is 0 Å². The number of carbonyl (C=O) groups is 1. The van der Waals surface area contributed by atoms with E-state index in [4.69, 9.17) is 5.73 Å². The lowest BCUT2D eigenvalue weighted by atomic mass is 9.83. The molecule has 0 saturated carbocycles. The molecule has 1 amide bonds. The summed E-state index contributed by atoms with van der Waals surface area (Å²) in [5.41, 5.74) is 7.98. The van der Waals surface area contributed by atoms with Crippen LogP contribution in [0.3, 0.4) is 0 Å². The second kappa shape index (κ2) is 7.11. The monoisotopic (exact) mass is 316 g/mol. The summed E-state index contributed by atoms with van der Waals surface area (Å²) in [4.78, 5) is 13.0. The summed E-state index contributed by atoms with van der Waals surface area (Å²) in [5.74, 6) is -0.219. The zero-order valence-electron chi connectivity index (χ0n) is 13.4. The molecule has 3 aromatic rings. The van der Waals surface area contributed by atoms with Gasteiger partial charge in [-0.15, -0.1) is 0 Å². The van der Waals surface area contributed by atoms with Gasteiger partial charge in [0.2, 0.25) is 5.91 Å². The van der Waals surface area contributed by atoms with Crippen LogP contribution in [0.4, 0.5) is 0 Å². The fourth-order valence-corrected chi connectivity index (χ4v) is 2.75. The van der Waals surface area contributed by atoms with E-state index in [0.717, 1.165) is 16.7 Å². The molecule has 3 aromatic carbocycles. The number of rotatable bonds is 5. The molecule has 0 radical (unpaired) electrons. The van der Waals surface area contributed by atoms with Crippen LogP contribution in [0.1, 0.15) is 16.7 Å². The standard InChI is InChI=1S/C21H20N2O/c22-21(18-12-6-2-7-13-18,19-14-8-3-9-15-19)20(24)23-16-17-10-4-1-5-11-17/h1-15H,16,22H2,(H,23,24). The van der Waals surface area contributed by atoms with E-state index < -0.39 is 5.54 Å². The van der Waals surface area contributed by atoms with E-state index in [1.54, 1.807) is 0 Å². The molecule has 0 aromatic heterocycles. The lowest BCUT2D eigenvalue weighted by molar-refractivity contribution is -0.125. The Morgan fingerprint density at radius 2 is 1.17 bits per heavy atom. The average molecular weight is 316 g/mol.